The largest absolute Gasteiger partial charge is 0.333 e. The molecule has 2 aromatic rings. The normalized spacial score (nSPS) is 20.9. The molecule has 1 aromatic heterocycles. The monoisotopic (exact) mass is 392 g/mol. The molecule has 5 heteroatoms. The molecule has 1 amide bonds. The molecule has 0 N–H and O–H groups in total. The molecule has 154 valence electrons. The predicted octanol–water partition coefficient (Wildman–Crippen LogP) is 4.10. The van der Waals surface area contributed by atoms with Crippen LogP contribution in [-0.2, 0) is 17.8 Å². The predicted molar refractivity (Wildman–Crippen MR) is 114 cm³/mol. The summed E-state index contributed by atoms with van der Waals surface area (Å²) >= 11 is 0. The number of nitrogens with zero attached hydrogens (tertiary/aromatic N) is 4. The van der Waals surface area contributed by atoms with Gasteiger partial charge in [0, 0.05) is 50.4 Å². The molecule has 0 aliphatic carbocycles. The average Bonchev–Trinajstić information content (AvgIpc) is 2.77. The average molecular weight is 393 g/mol. The van der Waals surface area contributed by atoms with Crippen molar-refractivity contribution >= 4 is 5.91 Å². The molecule has 29 heavy (non-hydrogen) atoms. The maximum absolute atomic E-state index is 12.0. The Balaban J connectivity index is 1.38. The minimum Gasteiger partial charge on any atom is -0.333 e. The maximum Gasteiger partial charge on any atom is 0.220 e. The number of hydrogen-bond donors (Lipinski definition) is 0. The highest BCUT2D eigenvalue weighted by Gasteiger charge is 2.29. The van der Waals surface area contributed by atoms with Crippen molar-refractivity contribution in [3.8, 4) is 0 Å². The van der Waals surface area contributed by atoms with Gasteiger partial charge in [-0.05, 0) is 43.7 Å². The smallest absolute Gasteiger partial charge is 0.220 e. The van der Waals surface area contributed by atoms with E-state index >= 15 is 0 Å². The molecule has 0 saturated carbocycles. The number of amides is 1. The second-order valence-electron chi connectivity index (χ2n) is 8.55. The molecule has 3 heterocycles. The van der Waals surface area contributed by atoms with E-state index in [9.17, 15) is 4.79 Å². The zero-order valence-electron chi connectivity index (χ0n) is 17.7. The van der Waals surface area contributed by atoms with E-state index < -0.39 is 0 Å². The fraction of sp³-hybridized carbons (Fsp3) is 0.542. The van der Waals surface area contributed by atoms with Crippen molar-refractivity contribution in [1.29, 1.82) is 0 Å². The minimum absolute atomic E-state index is 0.0521. The van der Waals surface area contributed by atoms with Crippen molar-refractivity contribution in [3.05, 3.63) is 59.2 Å². The van der Waals surface area contributed by atoms with Gasteiger partial charge in [-0.3, -0.25) is 9.69 Å². The lowest BCUT2D eigenvalue weighted by Crippen LogP contribution is -2.38. The second kappa shape index (κ2) is 9.04. The van der Waals surface area contributed by atoms with Crippen LogP contribution in [0, 0.1) is 0 Å². The van der Waals surface area contributed by atoms with Crippen molar-refractivity contribution in [1.82, 2.24) is 19.8 Å². The highest BCUT2D eigenvalue weighted by atomic mass is 16.2. The van der Waals surface area contributed by atoms with Crippen LogP contribution < -0.4 is 0 Å². The Bertz CT molecular complexity index is 838. The zero-order chi connectivity index (χ0) is 20.2. The van der Waals surface area contributed by atoms with Gasteiger partial charge in [-0.1, -0.05) is 37.3 Å². The third kappa shape index (κ3) is 4.67. The van der Waals surface area contributed by atoms with E-state index in [-0.39, 0.29) is 11.9 Å². The van der Waals surface area contributed by atoms with Crippen molar-refractivity contribution in [3.63, 3.8) is 0 Å². The van der Waals surface area contributed by atoms with Gasteiger partial charge in [-0.25, -0.2) is 9.97 Å². The van der Waals surface area contributed by atoms with Gasteiger partial charge >= 0.3 is 0 Å². The number of fused-ring (bicyclic) bond motifs is 1. The van der Waals surface area contributed by atoms with Crippen LogP contribution >= 0.6 is 0 Å². The molecule has 4 rings (SSSR count). The summed E-state index contributed by atoms with van der Waals surface area (Å²) in [7, 11) is 0. The molecule has 0 radical (unpaired) electrons. The summed E-state index contributed by atoms with van der Waals surface area (Å²) in [5.41, 5.74) is 3.84. The molecule has 5 nitrogen and oxygen atoms in total. The van der Waals surface area contributed by atoms with E-state index in [2.05, 4.69) is 42.2 Å². The molecule has 1 fully saturated rings. The molecule has 0 bridgehead atoms. The van der Waals surface area contributed by atoms with Crippen LogP contribution in [0.15, 0.2) is 36.5 Å². The van der Waals surface area contributed by atoms with Gasteiger partial charge in [0.15, 0.2) is 5.82 Å². The van der Waals surface area contributed by atoms with E-state index in [1.807, 2.05) is 11.1 Å². The Morgan fingerprint density at radius 1 is 1.21 bits per heavy atom. The number of benzene rings is 1. The maximum atomic E-state index is 12.0. The van der Waals surface area contributed by atoms with Crippen LogP contribution in [0.3, 0.4) is 0 Å². The summed E-state index contributed by atoms with van der Waals surface area (Å²) in [6.45, 7) is 7.87. The van der Waals surface area contributed by atoms with Crippen molar-refractivity contribution in [2.24, 2.45) is 0 Å². The third-order valence-electron chi connectivity index (χ3n) is 6.48. The van der Waals surface area contributed by atoms with E-state index in [0.29, 0.717) is 5.92 Å². The molecule has 0 spiro atoms. The molecule has 0 unspecified atom stereocenters. The number of aromatic nitrogens is 2. The first-order valence-corrected chi connectivity index (χ1v) is 11.0. The lowest BCUT2D eigenvalue weighted by Gasteiger charge is -2.35. The summed E-state index contributed by atoms with van der Waals surface area (Å²) in [6.07, 6.45) is 7.34. The molecule has 2 atom stereocenters. The summed E-state index contributed by atoms with van der Waals surface area (Å²) in [4.78, 5) is 26.1. The molecular formula is C24H32N4O. The summed E-state index contributed by atoms with van der Waals surface area (Å²) in [5.74, 6) is 1.54. The van der Waals surface area contributed by atoms with E-state index in [1.54, 1.807) is 6.92 Å². The van der Waals surface area contributed by atoms with Gasteiger partial charge in [0.2, 0.25) is 5.91 Å². The fourth-order valence-corrected chi connectivity index (χ4v) is 4.64. The standard InChI is InChI=1S/C24H32N4O/c1-18(20-8-4-3-5-9-20)11-14-27-15-12-22-21(17-27)16-25-24(26-22)23-10-6-7-13-28(23)19(2)29/h3-5,8-9,16,18,23H,6-7,10-15,17H2,1-2H3/t18-,23-/m1/s1. The highest BCUT2D eigenvalue weighted by Crippen LogP contribution is 2.30. The van der Waals surface area contributed by atoms with Crippen molar-refractivity contribution in [2.75, 3.05) is 19.6 Å². The zero-order valence-corrected chi connectivity index (χ0v) is 17.7. The number of hydrogen-bond acceptors (Lipinski definition) is 4. The van der Waals surface area contributed by atoms with Crippen LogP contribution in [0.1, 0.15) is 74.1 Å². The Morgan fingerprint density at radius 2 is 2.03 bits per heavy atom. The highest BCUT2D eigenvalue weighted by molar-refractivity contribution is 5.73. The number of carbonyl (C=O) groups excluding carboxylic acids is 1. The molecule has 2 aliphatic rings. The van der Waals surface area contributed by atoms with Crippen LogP contribution in [0.4, 0.5) is 0 Å². The Hall–Kier alpha value is -2.27. The lowest BCUT2D eigenvalue weighted by molar-refractivity contribution is -0.132. The summed E-state index contributed by atoms with van der Waals surface area (Å²) < 4.78 is 0. The van der Waals surface area contributed by atoms with Crippen molar-refractivity contribution in [2.45, 2.75) is 64.5 Å². The Labute approximate surface area is 174 Å². The third-order valence-corrected chi connectivity index (χ3v) is 6.48. The minimum atomic E-state index is 0.0521. The number of likely N-dealkylation sites (tertiary alicyclic amines) is 1. The first-order chi connectivity index (χ1) is 14.1. The summed E-state index contributed by atoms with van der Waals surface area (Å²) in [6, 6.07) is 10.8. The van der Waals surface area contributed by atoms with Crippen LogP contribution in [0.2, 0.25) is 0 Å². The van der Waals surface area contributed by atoms with Gasteiger partial charge in [0.25, 0.3) is 0 Å². The van der Waals surface area contributed by atoms with Gasteiger partial charge in [0.1, 0.15) is 0 Å². The summed E-state index contributed by atoms with van der Waals surface area (Å²) in [5, 5.41) is 0. The SMILES string of the molecule is CC(=O)N1CCCC[C@@H]1c1ncc2c(n1)CCN(CC[C@@H](C)c1ccccc1)C2. The quantitative estimate of drug-likeness (QED) is 0.769. The van der Waals surface area contributed by atoms with Gasteiger partial charge in [-0.2, -0.15) is 0 Å². The molecular weight excluding hydrogens is 360 g/mol. The molecule has 1 saturated heterocycles. The first kappa shape index (κ1) is 20.0. The number of rotatable bonds is 5. The van der Waals surface area contributed by atoms with Gasteiger partial charge in [-0.15, -0.1) is 0 Å². The van der Waals surface area contributed by atoms with Crippen LogP contribution in [0.25, 0.3) is 0 Å². The second-order valence-corrected chi connectivity index (χ2v) is 8.55. The van der Waals surface area contributed by atoms with Gasteiger partial charge < -0.3 is 4.90 Å². The van der Waals surface area contributed by atoms with E-state index in [4.69, 9.17) is 9.97 Å². The van der Waals surface area contributed by atoms with E-state index in [1.165, 1.54) is 16.8 Å². The molecule has 1 aromatic carbocycles. The number of piperidine rings is 1. The van der Waals surface area contributed by atoms with Crippen molar-refractivity contribution < 1.29 is 4.79 Å². The lowest BCUT2D eigenvalue weighted by atomic mass is 9.97. The fourth-order valence-electron chi connectivity index (χ4n) is 4.64. The van der Waals surface area contributed by atoms with Gasteiger partial charge in [0.05, 0.1) is 6.04 Å². The Kier molecular flexibility index (Phi) is 6.24. The number of carbonyl (C=O) groups is 1. The topological polar surface area (TPSA) is 49.3 Å². The van der Waals surface area contributed by atoms with Crippen LogP contribution in [-0.4, -0.2) is 45.3 Å². The van der Waals surface area contributed by atoms with Crippen LogP contribution in [0.5, 0.6) is 0 Å². The Morgan fingerprint density at radius 3 is 2.83 bits per heavy atom. The van der Waals surface area contributed by atoms with E-state index in [0.717, 1.165) is 64.1 Å². The first-order valence-electron chi connectivity index (χ1n) is 11.0. The molecule has 2 aliphatic heterocycles.